The first-order valence-electron chi connectivity index (χ1n) is 8.64. The second-order valence-corrected chi connectivity index (χ2v) is 7.13. The van der Waals surface area contributed by atoms with Crippen LogP contribution in [-0.4, -0.2) is 25.4 Å². The van der Waals surface area contributed by atoms with Crippen LogP contribution >= 0.6 is 11.3 Å². The third-order valence-corrected chi connectivity index (χ3v) is 4.99. The minimum Gasteiger partial charge on any atom is -0.290 e. The molecule has 29 heavy (non-hydrogen) atoms. The molecule has 0 spiro atoms. The number of amides is 1. The first kappa shape index (κ1) is 18.5. The van der Waals surface area contributed by atoms with Crippen LogP contribution in [0.2, 0.25) is 0 Å². The predicted molar refractivity (Wildman–Crippen MR) is 112 cm³/mol. The molecule has 1 amide bonds. The summed E-state index contributed by atoms with van der Waals surface area (Å²) in [5.41, 5.74) is 3.59. The Hall–Kier alpha value is -3.85. The van der Waals surface area contributed by atoms with Gasteiger partial charge in [-0.05, 0) is 18.6 Å². The fraction of sp³-hybridized carbons (Fsp3) is 0.0500. The lowest BCUT2D eigenvalue weighted by molar-refractivity contribution is -0.384. The van der Waals surface area contributed by atoms with Crippen LogP contribution in [0.25, 0.3) is 22.3 Å². The van der Waals surface area contributed by atoms with Crippen molar-refractivity contribution in [1.82, 2.24) is 14.6 Å². The van der Waals surface area contributed by atoms with E-state index in [9.17, 15) is 14.9 Å². The van der Waals surface area contributed by atoms with Gasteiger partial charge < -0.3 is 0 Å². The number of nitrogens with zero attached hydrogens (tertiary/aromatic N) is 4. The van der Waals surface area contributed by atoms with Crippen molar-refractivity contribution in [2.24, 2.45) is 0 Å². The Balaban J connectivity index is 1.51. The average molecular weight is 405 g/mol. The Morgan fingerprint density at radius 1 is 1.24 bits per heavy atom. The molecule has 0 aliphatic rings. The van der Waals surface area contributed by atoms with E-state index in [2.05, 4.69) is 15.4 Å². The van der Waals surface area contributed by atoms with Gasteiger partial charge in [0.1, 0.15) is 0 Å². The number of carbonyl (C=O) groups is 1. The summed E-state index contributed by atoms with van der Waals surface area (Å²) < 4.78 is 1.69. The van der Waals surface area contributed by atoms with Gasteiger partial charge in [-0.15, -0.1) is 16.4 Å². The molecule has 0 radical (unpaired) electrons. The number of non-ortho nitro benzene ring substituents is 1. The van der Waals surface area contributed by atoms with Crippen LogP contribution in [0.3, 0.4) is 0 Å². The molecule has 2 aromatic carbocycles. The van der Waals surface area contributed by atoms with Gasteiger partial charge in [0, 0.05) is 29.2 Å². The average Bonchev–Trinajstić information content (AvgIpc) is 3.27. The molecular weight excluding hydrogens is 390 g/mol. The second kappa shape index (κ2) is 7.64. The van der Waals surface area contributed by atoms with Gasteiger partial charge in [0.15, 0.2) is 0 Å². The summed E-state index contributed by atoms with van der Waals surface area (Å²) in [6.45, 7) is 2.03. The van der Waals surface area contributed by atoms with Gasteiger partial charge in [0.25, 0.3) is 17.5 Å². The zero-order valence-electron chi connectivity index (χ0n) is 15.3. The first-order valence-corrected chi connectivity index (χ1v) is 9.52. The number of aryl methyl sites for hydroxylation is 1. The maximum Gasteiger partial charge on any atom is 0.270 e. The largest absolute Gasteiger partial charge is 0.290 e. The van der Waals surface area contributed by atoms with Crippen molar-refractivity contribution >= 4 is 39.9 Å². The molecule has 144 valence electrons. The normalized spacial score (nSPS) is 11.2. The number of nitro groups is 1. The summed E-state index contributed by atoms with van der Waals surface area (Å²) in [5.74, 6) is -0.231. The minimum atomic E-state index is -0.481. The molecule has 0 fully saturated rings. The van der Waals surface area contributed by atoms with Crippen LogP contribution in [-0.2, 0) is 4.79 Å². The van der Waals surface area contributed by atoms with Crippen molar-refractivity contribution in [3.8, 4) is 11.3 Å². The Bertz CT molecular complexity index is 1240. The number of hydrogen-bond acceptors (Lipinski definition) is 6. The number of nitro benzene ring substituents is 1. The summed E-state index contributed by atoms with van der Waals surface area (Å²) in [4.78, 5) is 27.5. The Labute approximate surface area is 169 Å². The zero-order valence-corrected chi connectivity index (χ0v) is 16.1. The molecule has 4 aromatic rings. The molecule has 0 saturated heterocycles. The lowest BCUT2D eigenvalue weighted by atomic mass is 10.1. The number of fused-ring (bicyclic) bond motifs is 1. The van der Waals surface area contributed by atoms with E-state index in [0.29, 0.717) is 10.5 Å². The van der Waals surface area contributed by atoms with Crippen LogP contribution in [0.4, 0.5) is 11.6 Å². The Morgan fingerprint density at radius 3 is 2.79 bits per heavy atom. The second-order valence-electron chi connectivity index (χ2n) is 6.29. The Kier molecular flexibility index (Phi) is 4.88. The monoisotopic (exact) mass is 405 g/mol. The van der Waals surface area contributed by atoms with Gasteiger partial charge in [0.05, 0.1) is 10.6 Å². The highest BCUT2D eigenvalue weighted by Crippen LogP contribution is 2.26. The van der Waals surface area contributed by atoms with Crippen LogP contribution in [0.1, 0.15) is 11.1 Å². The van der Waals surface area contributed by atoms with E-state index in [-0.39, 0.29) is 11.6 Å². The quantitative estimate of drug-likeness (QED) is 0.302. The minimum absolute atomic E-state index is 0.0350. The van der Waals surface area contributed by atoms with Gasteiger partial charge in [0.2, 0.25) is 4.96 Å². The van der Waals surface area contributed by atoms with Gasteiger partial charge in [-0.1, -0.05) is 42.0 Å². The summed E-state index contributed by atoms with van der Waals surface area (Å²) in [7, 11) is 0. The molecule has 0 aliphatic carbocycles. The smallest absolute Gasteiger partial charge is 0.270 e. The van der Waals surface area contributed by atoms with Crippen LogP contribution < -0.4 is 5.32 Å². The number of hydrogen-bond donors (Lipinski definition) is 1. The van der Waals surface area contributed by atoms with E-state index in [1.165, 1.54) is 41.2 Å². The predicted octanol–water partition coefficient (Wildman–Crippen LogP) is 4.33. The Morgan fingerprint density at radius 2 is 2.03 bits per heavy atom. The van der Waals surface area contributed by atoms with E-state index in [1.54, 1.807) is 16.6 Å². The highest BCUT2D eigenvalue weighted by molar-refractivity contribution is 7.15. The third kappa shape index (κ3) is 4.04. The molecule has 0 atom stereocenters. The van der Waals surface area contributed by atoms with Crippen LogP contribution in [0, 0.1) is 17.0 Å². The van der Waals surface area contributed by atoms with Crippen molar-refractivity contribution in [1.29, 1.82) is 0 Å². The lowest BCUT2D eigenvalue weighted by Gasteiger charge is -1.99. The lowest BCUT2D eigenvalue weighted by Crippen LogP contribution is -2.09. The van der Waals surface area contributed by atoms with E-state index >= 15 is 0 Å². The van der Waals surface area contributed by atoms with Crippen LogP contribution in [0.5, 0.6) is 0 Å². The fourth-order valence-corrected chi connectivity index (χ4v) is 3.55. The van der Waals surface area contributed by atoms with Crippen molar-refractivity contribution in [2.75, 3.05) is 5.32 Å². The number of anilines is 1. The maximum atomic E-state index is 12.2. The molecule has 2 heterocycles. The topological polar surface area (TPSA) is 102 Å². The van der Waals surface area contributed by atoms with E-state index in [0.717, 1.165) is 11.3 Å². The molecular formula is C20H15N5O3S. The van der Waals surface area contributed by atoms with Crippen LogP contribution in [0.15, 0.2) is 60.0 Å². The molecule has 0 saturated carbocycles. The van der Waals surface area contributed by atoms with E-state index < -0.39 is 10.8 Å². The zero-order chi connectivity index (χ0) is 20.4. The maximum absolute atomic E-state index is 12.2. The third-order valence-electron chi connectivity index (χ3n) is 4.17. The van der Waals surface area contributed by atoms with Gasteiger partial charge >= 0.3 is 0 Å². The SMILES string of the molecule is Cc1ccc(-c2csc3nc(NC(=O)/C=C/c4cccc([N+](=O)[O-])c4)nn23)cc1. The van der Waals surface area contributed by atoms with Crippen molar-refractivity contribution in [3.63, 3.8) is 0 Å². The van der Waals surface area contributed by atoms with Gasteiger partial charge in [-0.2, -0.15) is 4.98 Å². The summed E-state index contributed by atoms with van der Waals surface area (Å²) in [6.07, 6.45) is 2.79. The summed E-state index contributed by atoms with van der Waals surface area (Å²) in [6, 6.07) is 14.1. The van der Waals surface area contributed by atoms with E-state index in [1.807, 2.05) is 36.6 Å². The number of benzene rings is 2. The highest BCUT2D eigenvalue weighted by Gasteiger charge is 2.12. The number of thiazole rings is 1. The molecule has 9 heteroatoms. The molecule has 0 unspecified atom stereocenters. The molecule has 8 nitrogen and oxygen atoms in total. The summed E-state index contributed by atoms with van der Waals surface area (Å²) in [5, 5.41) is 19.8. The van der Waals surface area contributed by atoms with Crippen molar-refractivity contribution < 1.29 is 9.72 Å². The highest BCUT2D eigenvalue weighted by atomic mass is 32.1. The number of carbonyl (C=O) groups excluding carboxylic acids is 1. The molecule has 0 bridgehead atoms. The summed E-state index contributed by atoms with van der Waals surface area (Å²) >= 11 is 1.43. The first-order chi connectivity index (χ1) is 14.0. The number of nitrogens with one attached hydrogen (secondary N) is 1. The van der Waals surface area contributed by atoms with Gasteiger partial charge in [-0.3, -0.25) is 20.2 Å². The van der Waals surface area contributed by atoms with E-state index in [4.69, 9.17) is 0 Å². The molecule has 4 rings (SSSR count). The van der Waals surface area contributed by atoms with Crippen molar-refractivity contribution in [2.45, 2.75) is 6.92 Å². The van der Waals surface area contributed by atoms with Crippen molar-refractivity contribution in [3.05, 3.63) is 81.2 Å². The molecule has 1 N–H and O–H groups in total. The number of aromatic nitrogens is 3. The molecule has 2 aromatic heterocycles. The fourth-order valence-electron chi connectivity index (χ4n) is 2.72. The molecule has 0 aliphatic heterocycles. The van der Waals surface area contributed by atoms with Gasteiger partial charge in [-0.25, -0.2) is 4.52 Å². The standard InChI is InChI=1S/C20H15N5O3S/c1-13-5-8-15(9-6-13)17-12-29-20-22-19(23-24(17)20)21-18(26)10-7-14-3-2-4-16(11-14)25(27)28/h2-12H,1H3,(H,21,23,26)/b10-7+. The number of rotatable bonds is 5.